The molecule has 5 heteroatoms. The highest BCUT2D eigenvalue weighted by Crippen LogP contribution is 2.27. The lowest BCUT2D eigenvalue weighted by atomic mass is 10.2. The van der Waals surface area contributed by atoms with Gasteiger partial charge in [-0.2, -0.15) is 5.10 Å². The third kappa shape index (κ3) is 1.50. The maximum absolute atomic E-state index is 4.67. The fraction of sp³-hybridized carbons (Fsp3) is 0.333. The van der Waals surface area contributed by atoms with Crippen molar-refractivity contribution in [2.45, 2.75) is 20.8 Å². The highest BCUT2D eigenvalue weighted by molar-refractivity contribution is 7.17. The summed E-state index contributed by atoms with van der Waals surface area (Å²) in [5, 5.41) is 4.35. The Hall–Kier alpha value is -1.62. The number of hydrogen-bond acceptors (Lipinski definition) is 3. The molecule has 3 aromatic heterocycles. The van der Waals surface area contributed by atoms with E-state index < -0.39 is 0 Å². The molecule has 3 heterocycles. The zero-order chi connectivity index (χ0) is 12.2. The molecule has 0 spiro atoms. The van der Waals surface area contributed by atoms with E-state index in [1.54, 1.807) is 11.3 Å². The Bertz CT molecular complexity index is 702. The molecule has 0 aliphatic carbocycles. The second kappa shape index (κ2) is 3.43. The molecule has 0 N–H and O–H groups in total. The normalized spacial score (nSPS) is 11.5. The fourth-order valence-electron chi connectivity index (χ4n) is 2.04. The topological polar surface area (TPSA) is 35.1 Å². The van der Waals surface area contributed by atoms with Crippen molar-refractivity contribution in [3.05, 3.63) is 28.7 Å². The fourth-order valence-corrected chi connectivity index (χ4v) is 2.99. The first-order chi connectivity index (χ1) is 8.06. The highest BCUT2D eigenvalue weighted by Gasteiger charge is 2.13. The second-order valence-corrected chi connectivity index (χ2v) is 5.51. The van der Waals surface area contributed by atoms with E-state index in [0.29, 0.717) is 0 Å². The van der Waals surface area contributed by atoms with Gasteiger partial charge in [-0.05, 0) is 20.8 Å². The van der Waals surface area contributed by atoms with Gasteiger partial charge in [0.2, 0.25) is 0 Å². The van der Waals surface area contributed by atoms with Crippen molar-refractivity contribution in [1.29, 1.82) is 0 Å². The summed E-state index contributed by atoms with van der Waals surface area (Å²) < 4.78 is 3.98. The van der Waals surface area contributed by atoms with Crippen molar-refractivity contribution in [2.24, 2.45) is 7.05 Å². The standard InChI is InChI=1S/C12H14N4S/c1-7-10(5-15(4)14-7)11-6-16-8(2)9(3)17-12(16)13-11/h5-6H,1-4H3. The summed E-state index contributed by atoms with van der Waals surface area (Å²) in [7, 11) is 1.93. The molecule has 0 aromatic carbocycles. The van der Waals surface area contributed by atoms with Gasteiger partial charge >= 0.3 is 0 Å². The first kappa shape index (κ1) is 10.5. The van der Waals surface area contributed by atoms with Crippen LogP contribution in [0.4, 0.5) is 0 Å². The predicted octanol–water partition coefficient (Wildman–Crippen LogP) is 2.72. The lowest BCUT2D eigenvalue weighted by molar-refractivity contribution is 0.756. The molecule has 0 saturated carbocycles. The van der Waals surface area contributed by atoms with Crippen LogP contribution in [0.25, 0.3) is 16.2 Å². The number of nitrogens with zero attached hydrogens (tertiary/aromatic N) is 4. The molecular formula is C12H14N4S. The van der Waals surface area contributed by atoms with Crippen LogP contribution >= 0.6 is 11.3 Å². The molecule has 0 saturated heterocycles. The Kier molecular flexibility index (Phi) is 2.13. The van der Waals surface area contributed by atoms with Crippen LogP contribution in [0.1, 0.15) is 16.3 Å². The van der Waals surface area contributed by atoms with E-state index >= 15 is 0 Å². The number of aromatic nitrogens is 4. The van der Waals surface area contributed by atoms with Crippen molar-refractivity contribution in [1.82, 2.24) is 19.2 Å². The Balaban J connectivity index is 2.22. The van der Waals surface area contributed by atoms with Crippen molar-refractivity contribution >= 4 is 16.3 Å². The quantitative estimate of drug-likeness (QED) is 0.661. The molecule has 4 nitrogen and oxygen atoms in total. The number of thiazole rings is 1. The molecule has 0 radical (unpaired) electrons. The second-order valence-electron chi connectivity index (χ2n) is 4.32. The molecule has 0 bridgehead atoms. The minimum absolute atomic E-state index is 1.00. The molecule has 0 amide bonds. The minimum Gasteiger partial charge on any atom is -0.294 e. The molecule has 3 aromatic rings. The lowest BCUT2D eigenvalue weighted by Gasteiger charge is -1.92. The Morgan fingerprint density at radius 3 is 2.53 bits per heavy atom. The average molecular weight is 246 g/mol. The van der Waals surface area contributed by atoms with E-state index in [0.717, 1.165) is 21.9 Å². The third-order valence-electron chi connectivity index (χ3n) is 3.08. The average Bonchev–Trinajstić information content (AvgIpc) is 2.86. The van der Waals surface area contributed by atoms with Crippen molar-refractivity contribution in [3.8, 4) is 11.3 Å². The summed E-state index contributed by atoms with van der Waals surface area (Å²) in [6, 6.07) is 0. The molecule has 0 fully saturated rings. The van der Waals surface area contributed by atoms with Crippen LogP contribution in [0.15, 0.2) is 12.4 Å². The van der Waals surface area contributed by atoms with Crippen LogP contribution in [-0.4, -0.2) is 19.2 Å². The van der Waals surface area contributed by atoms with E-state index in [-0.39, 0.29) is 0 Å². The number of aryl methyl sites for hydroxylation is 4. The van der Waals surface area contributed by atoms with Gasteiger partial charge in [-0.15, -0.1) is 11.3 Å². The van der Waals surface area contributed by atoms with Crippen LogP contribution < -0.4 is 0 Å². The van der Waals surface area contributed by atoms with E-state index in [1.165, 1.54) is 10.6 Å². The zero-order valence-corrected chi connectivity index (χ0v) is 11.2. The van der Waals surface area contributed by atoms with Crippen LogP contribution in [0.2, 0.25) is 0 Å². The van der Waals surface area contributed by atoms with E-state index in [1.807, 2.05) is 24.9 Å². The number of rotatable bonds is 1. The van der Waals surface area contributed by atoms with Crippen molar-refractivity contribution in [2.75, 3.05) is 0 Å². The first-order valence-electron chi connectivity index (χ1n) is 5.52. The van der Waals surface area contributed by atoms with E-state index in [2.05, 4.69) is 34.5 Å². The van der Waals surface area contributed by atoms with Gasteiger partial charge in [0.05, 0.1) is 11.4 Å². The summed E-state index contributed by atoms with van der Waals surface area (Å²) in [6.07, 6.45) is 4.11. The highest BCUT2D eigenvalue weighted by atomic mass is 32.1. The Labute approximate surface area is 104 Å². The van der Waals surface area contributed by atoms with Gasteiger partial charge in [0.1, 0.15) is 0 Å². The first-order valence-corrected chi connectivity index (χ1v) is 6.33. The number of hydrogen-bond donors (Lipinski definition) is 0. The maximum atomic E-state index is 4.67. The van der Waals surface area contributed by atoms with Gasteiger partial charge in [0, 0.05) is 35.6 Å². The van der Waals surface area contributed by atoms with Crippen molar-refractivity contribution in [3.63, 3.8) is 0 Å². The van der Waals surface area contributed by atoms with E-state index in [4.69, 9.17) is 0 Å². The molecule has 17 heavy (non-hydrogen) atoms. The largest absolute Gasteiger partial charge is 0.294 e. The molecule has 0 aliphatic heterocycles. The Morgan fingerprint density at radius 1 is 1.18 bits per heavy atom. The van der Waals surface area contributed by atoms with E-state index in [9.17, 15) is 0 Å². The minimum atomic E-state index is 1.00. The van der Waals surface area contributed by atoms with Gasteiger partial charge in [-0.1, -0.05) is 0 Å². The summed E-state index contributed by atoms with van der Waals surface area (Å²) in [5.41, 5.74) is 4.41. The van der Waals surface area contributed by atoms with Gasteiger partial charge in [-0.25, -0.2) is 4.98 Å². The Morgan fingerprint density at radius 2 is 1.94 bits per heavy atom. The molecule has 88 valence electrons. The van der Waals surface area contributed by atoms with Gasteiger partial charge in [0.25, 0.3) is 0 Å². The van der Waals surface area contributed by atoms with Gasteiger partial charge in [-0.3, -0.25) is 9.08 Å². The third-order valence-corrected chi connectivity index (χ3v) is 4.15. The summed E-state index contributed by atoms with van der Waals surface area (Å²) in [5.74, 6) is 0. The maximum Gasteiger partial charge on any atom is 0.194 e. The molecular weight excluding hydrogens is 232 g/mol. The van der Waals surface area contributed by atoms with Crippen molar-refractivity contribution < 1.29 is 0 Å². The van der Waals surface area contributed by atoms with Gasteiger partial charge < -0.3 is 0 Å². The summed E-state index contributed by atoms with van der Waals surface area (Å²) in [4.78, 5) is 7.04. The molecule has 0 aliphatic rings. The van der Waals surface area contributed by atoms with Crippen LogP contribution in [0.3, 0.4) is 0 Å². The monoisotopic (exact) mass is 246 g/mol. The van der Waals surface area contributed by atoms with Crippen LogP contribution in [0.5, 0.6) is 0 Å². The molecule has 0 unspecified atom stereocenters. The number of fused-ring (bicyclic) bond motifs is 1. The smallest absolute Gasteiger partial charge is 0.194 e. The SMILES string of the molecule is Cc1nn(C)cc1-c1cn2c(C)c(C)sc2n1. The zero-order valence-electron chi connectivity index (χ0n) is 10.4. The van der Waals surface area contributed by atoms with Crippen LogP contribution in [-0.2, 0) is 7.05 Å². The number of imidazole rings is 1. The summed E-state index contributed by atoms with van der Waals surface area (Å²) in [6.45, 7) is 6.27. The predicted molar refractivity (Wildman–Crippen MR) is 69.5 cm³/mol. The van der Waals surface area contributed by atoms with Crippen LogP contribution in [0, 0.1) is 20.8 Å². The molecule has 0 atom stereocenters. The lowest BCUT2D eigenvalue weighted by Crippen LogP contribution is -1.86. The summed E-state index contributed by atoms with van der Waals surface area (Å²) >= 11 is 1.73. The molecule has 3 rings (SSSR count). The van der Waals surface area contributed by atoms with Gasteiger partial charge in [0.15, 0.2) is 4.96 Å².